The lowest BCUT2D eigenvalue weighted by Gasteiger charge is -2.56. The third-order valence-electron chi connectivity index (χ3n) is 6.94. The highest BCUT2D eigenvalue weighted by atomic mass is 16.5. The Kier molecular flexibility index (Phi) is 4.86. The molecule has 0 radical (unpaired) electrons. The van der Waals surface area contributed by atoms with Gasteiger partial charge in [-0.25, -0.2) is 5.43 Å². The summed E-state index contributed by atoms with van der Waals surface area (Å²) < 4.78 is 5.86. The van der Waals surface area contributed by atoms with Crippen LogP contribution in [0.2, 0.25) is 0 Å². The molecule has 4 fully saturated rings. The van der Waals surface area contributed by atoms with Crippen molar-refractivity contribution in [2.75, 3.05) is 0 Å². The first-order valence-corrected chi connectivity index (χ1v) is 10.8. The molecule has 0 aliphatic heterocycles. The fourth-order valence-corrected chi connectivity index (χ4v) is 6.35. The average Bonchev–Trinajstić information content (AvgIpc) is 2.67. The summed E-state index contributed by atoms with van der Waals surface area (Å²) in [6, 6.07) is 17.4. The van der Waals surface area contributed by atoms with Gasteiger partial charge in [-0.3, -0.25) is 4.79 Å². The Morgan fingerprint density at radius 2 is 1.62 bits per heavy atom. The number of amides is 1. The number of para-hydroxylation sites is 1. The molecule has 4 aliphatic carbocycles. The van der Waals surface area contributed by atoms with Crippen molar-refractivity contribution in [3.8, 4) is 11.5 Å². The summed E-state index contributed by atoms with van der Waals surface area (Å²) in [6.07, 6.45) is 10.3. The highest BCUT2D eigenvalue weighted by molar-refractivity contribution is 5.83. The van der Waals surface area contributed by atoms with E-state index in [1.54, 1.807) is 6.21 Å². The van der Waals surface area contributed by atoms with Crippen LogP contribution in [-0.2, 0) is 4.79 Å². The van der Waals surface area contributed by atoms with Crippen molar-refractivity contribution in [3.05, 3.63) is 60.2 Å². The summed E-state index contributed by atoms with van der Waals surface area (Å²) in [4.78, 5) is 12.6. The molecular weight excluding hydrogens is 360 g/mol. The van der Waals surface area contributed by atoms with Crippen molar-refractivity contribution in [1.29, 1.82) is 0 Å². The first-order valence-electron chi connectivity index (χ1n) is 10.8. The van der Waals surface area contributed by atoms with Crippen LogP contribution in [0.1, 0.15) is 50.5 Å². The third-order valence-corrected chi connectivity index (χ3v) is 6.94. The number of hydrogen-bond acceptors (Lipinski definition) is 3. The van der Waals surface area contributed by atoms with E-state index in [0.29, 0.717) is 6.42 Å². The largest absolute Gasteiger partial charge is 0.457 e. The Morgan fingerprint density at radius 3 is 2.31 bits per heavy atom. The molecule has 1 N–H and O–H groups in total. The SMILES string of the molecule is O=C(CC12CC3CC(CC(C3)C1)C2)N/N=C\c1cccc(Oc2ccccc2)c1. The molecule has 0 unspecified atom stereocenters. The molecule has 6 rings (SSSR count). The number of nitrogens with zero attached hydrogens (tertiary/aromatic N) is 1. The van der Waals surface area contributed by atoms with E-state index in [1.165, 1.54) is 38.5 Å². The van der Waals surface area contributed by atoms with Crippen molar-refractivity contribution in [2.24, 2.45) is 28.3 Å². The maximum absolute atomic E-state index is 12.6. The van der Waals surface area contributed by atoms with Crippen molar-refractivity contribution in [1.82, 2.24) is 5.43 Å². The van der Waals surface area contributed by atoms with Crippen LogP contribution in [0.25, 0.3) is 0 Å². The third kappa shape index (κ3) is 4.21. The quantitative estimate of drug-likeness (QED) is 0.522. The van der Waals surface area contributed by atoms with E-state index in [4.69, 9.17) is 4.74 Å². The Labute approximate surface area is 172 Å². The molecule has 150 valence electrons. The summed E-state index contributed by atoms with van der Waals surface area (Å²) in [5.74, 6) is 4.20. The molecule has 0 heterocycles. The van der Waals surface area contributed by atoms with E-state index in [0.717, 1.165) is 34.8 Å². The Balaban J connectivity index is 1.17. The van der Waals surface area contributed by atoms with Gasteiger partial charge in [0.1, 0.15) is 11.5 Å². The summed E-state index contributed by atoms with van der Waals surface area (Å²) >= 11 is 0. The van der Waals surface area contributed by atoms with Crippen molar-refractivity contribution in [3.63, 3.8) is 0 Å². The van der Waals surface area contributed by atoms with E-state index >= 15 is 0 Å². The van der Waals surface area contributed by atoms with Gasteiger partial charge >= 0.3 is 0 Å². The molecule has 4 aliphatic rings. The standard InChI is InChI=1S/C25H28N2O2/c28-24(16-25-13-19-9-20(14-25)11-21(10-19)15-25)27-26-17-18-5-4-8-23(12-18)29-22-6-2-1-3-7-22/h1-8,12,17,19-21H,9-11,13-16H2,(H,27,28)/b26-17-. The average molecular weight is 389 g/mol. The summed E-state index contributed by atoms with van der Waals surface area (Å²) in [7, 11) is 0. The van der Waals surface area contributed by atoms with Gasteiger partial charge in [0.25, 0.3) is 0 Å². The lowest BCUT2D eigenvalue weighted by molar-refractivity contribution is -0.129. The highest BCUT2D eigenvalue weighted by Gasteiger charge is 2.51. The molecular formula is C25H28N2O2. The van der Waals surface area contributed by atoms with Crippen molar-refractivity contribution < 1.29 is 9.53 Å². The number of carbonyl (C=O) groups is 1. The molecule has 4 heteroatoms. The molecule has 0 atom stereocenters. The zero-order valence-corrected chi connectivity index (χ0v) is 16.7. The smallest absolute Gasteiger partial charge is 0.240 e. The number of ether oxygens (including phenoxy) is 1. The molecule has 4 saturated carbocycles. The normalized spacial score (nSPS) is 29.9. The van der Waals surface area contributed by atoms with Crippen LogP contribution in [0.15, 0.2) is 59.7 Å². The minimum Gasteiger partial charge on any atom is -0.457 e. The maximum atomic E-state index is 12.6. The van der Waals surface area contributed by atoms with Gasteiger partial charge in [0, 0.05) is 6.42 Å². The summed E-state index contributed by atoms with van der Waals surface area (Å²) in [6.45, 7) is 0. The van der Waals surface area contributed by atoms with Crippen LogP contribution in [0.3, 0.4) is 0 Å². The molecule has 0 aromatic heterocycles. The van der Waals surface area contributed by atoms with Gasteiger partial charge in [0.15, 0.2) is 0 Å². The number of rotatable bonds is 6. The van der Waals surface area contributed by atoms with E-state index in [2.05, 4.69) is 10.5 Å². The molecule has 29 heavy (non-hydrogen) atoms. The number of hydrogen-bond donors (Lipinski definition) is 1. The molecule has 2 aromatic carbocycles. The van der Waals surface area contributed by atoms with E-state index in [9.17, 15) is 4.79 Å². The lowest BCUT2D eigenvalue weighted by Crippen LogP contribution is -2.47. The minimum absolute atomic E-state index is 0.0555. The Morgan fingerprint density at radius 1 is 0.966 bits per heavy atom. The van der Waals surface area contributed by atoms with Crippen molar-refractivity contribution >= 4 is 12.1 Å². The molecule has 4 nitrogen and oxygen atoms in total. The fourth-order valence-electron chi connectivity index (χ4n) is 6.35. The van der Waals surface area contributed by atoms with Gasteiger partial charge in [0.05, 0.1) is 6.21 Å². The second-order valence-electron chi connectivity index (χ2n) is 9.38. The van der Waals surface area contributed by atoms with Crippen LogP contribution in [0, 0.1) is 23.2 Å². The first-order chi connectivity index (χ1) is 14.2. The Bertz CT molecular complexity index is 871. The zero-order chi connectivity index (χ0) is 19.7. The van der Waals surface area contributed by atoms with Gasteiger partial charge in [-0.15, -0.1) is 0 Å². The minimum atomic E-state index is 0.0555. The summed E-state index contributed by atoms with van der Waals surface area (Å²) in [5, 5.41) is 4.21. The zero-order valence-electron chi connectivity index (χ0n) is 16.7. The van der Waals surface area contributed by atoms with E-state index in [1.807, 2.05) is 54.6 Å². The van der Waals surface area contributed by atoms with Crippen LogP contribution < -0.4 is 10.2 Å². The van der Waals surface area contributed by atoms with E-state index in [-0.39, 0.29) is 11.3 Å². The van der Waals surface area contributed by atoms with Gasteiger partial charge in [-0.05, 0) is 91.5 Å². The molecule has 0 spiro atoms. The molecule has 1 amide bonds. The number of benzene rings is 2. The predicted molar refractivity (Wildman–Crippen MR) is 114 cm³/mol. The van der Waals surface area contributed by atoms with Crippen molar-refractivity contribution in [2.45, 2.75) is 44.9 Å². The van der Waals surface area contributed by atoms with Gasteiger partial charge in [-0.1, -0.05) is 30.3 Å². The van der Waals surface area contributed by atoms with Gasteiger partial charge < -0.3 is 4.74 Å². The first kappa shape index (κ1) is 18.4. The van der Waals surface area contributed by atoms with Gasteiger partial charge in [-0.2, -0.15) is 5.10 Å². The van der Waals surface area contributed by atoms with Crippen LogP contribution in [0.5, 0.6) is 11.5 Å². The van der Waals surface area contributed by atoms with Gasteiger partial charge in [0.2, 0.25) is 5.91 Å². The maximum Gasteiger partial charge on any atom is 0.240 e. The predicted octanol–water partition coefficient (Wildman–Crippen LogP) is 5.54. The molecule has 0 saturated heterocycles. The monoisotopic (exact) mass is 388 g/mol. The summed E-state index contributed by atoms with van der Waals surface area (Å²) in [5.41, 5.74) is 3.91. The highest BCUT2D eigenvalue weighted by Crippen LogP contribution is 2.61. The molecule has 4 bridgehead atoms. The second kappa shape index (κ2) is 7.66. The fraction of sp³-hybridized carbons (Fsp3) is 0.440. The molecule has 2 aromatic rings. The van der Waals surface area contributed by atoms with Crippen LogP contribution in [-0.4, -0.2) is 12.1 Å². The lowest BCUT2D eigenvalue weighted by atomic mass is 9.49. The second-order valence-corrected chi connectivity index (χ2v) is 9.38. The van der Waals surface area contributed by atoms with Crippen LogP contribution >= 0.6 is 0 Å². The number of nitrogens with one attached hydrogen (secondary N) is 1. The number of carbonyl (C=O) groups excluding carboxylic acids is 1. The topological polar surface area (TPSA) is 50.7 Å². The van der Waals surface area contributed by atoms with Crippen LogP contribution in [0.4, 0.5) is 0 Å². The number of hydrazone groups is 1. The van der Waals surface area contributed by atoms with E-state index < -0.39 is 0 Å². The Hall–Kier alpha value is -2.62.